The van der Waals surface area contributed by atoms with Crippen LogP contribution in [0.25, 0.3) is 11.8 Å². The van der Waals surface area contributed by atoms with E-state index in [0.717, 1.165) is 16.9 Å². The van der Waals surface area contributed by atoms with Gasteiger partial charge in [0, 0.05) is 5.56 Å². The van der Waals surface area contributed by atoms with Crippen molar-refractivity contribution in [3.05, 3.63) is 71.3 Å². The Hall–Kier alpha value is -2.31. The van der Waals surface area contributed by atoms with E-state index in [1.165, 1.54) is 0 Å². The molecule has 2 aromatic rings. The van der Waals surface area contributed by atoms with E-state index in [1.807, 2.05) is 42.5 Å². The molecule has 0 bridgehead atoms. The lowest BCUT2D eigenvalue weighted by Gasteiger charge is -2.37. The maximum absolute atomic E-state index is 9.01. The number of hydrogen-bond acceptors (Lipinski definition) is 2. The van der Waals surface area contributed by atoms with Gasteiger partial charge in [0.25, 0.3) is 8.32 Å². The van der Waals surface area contributed by atoms with Crippen molar-refractivity contribution < 1.29 is 4.43 Å². The fourth-order valence-corrected chi connectivity index (χ4v) is 3.04. The summed E-state index contributed by atoms with van der Waals surface area (Å²) in [5, 5.41) is 9.13. The van der Waals surface area contributed by atoms with Gasteiger partial charge in [-0.3, -0.25) is 0 Å². The van der Waals surface area contributed by atoms with Crippen LogP contribution in [-0.2, 0) is 4.43 Å². The van der Waals surface area contributed by atoms with Crippen molar-refractivity contribution in [3.63, 3.8) is 0 Å². The Kier molecular flexibility index (Phi) is 5.31. The van der Waals surface area contributed by atoms with Crippen molar-refractivity contribution in [3.8, 4) is 6.07 Å². The SMILES string of the molecule is CC(C)(C)[Si](C)(C)O/C(=C\c1ccccc1)c1ccc(C#N)cc1. The highest BCUT2D eigenvalue weighted by Crippen LogP contribution is 2.39. The van der Waals surface area contributed by atoms with Gasteiger partial charge in [-0.2, -0.15) is 5.26 Å². The van der Waals surface area contributed by atoms with Gasteiger partial charge < -0.3 is 4.43 Å². The summed E-state index contributed by atoms with van der Waals surface area (Å²) in [5.74, 6) is 0.872. The predicted octanol–water partition coefficient (Wildman–Crippen LogP) is 6.08. The molecule has 2 aromatic carbocycles. The summed E-state index contributed by atoms with van der Waals surface area (Å²) in [4.78, 5) is 0. The zero-order valence-corrected chi connectivity index (χ0v) is 16.1. The first-order chi connectivity index (χ1) is 11.2. The Morgan fingerprint density at radius 3 is 2.08 bits per heavy atom. The molecule has 0 unspecified atom stereocenters. The molecule has 0 amide bonds. The zero-order valence-electron chi connectivity index (χ0n) is 15.1. The molecule has 0 heterocycles. The molecule has 3 heteroatoms. The van der Waals surface area contributed by atoms with Crippen LogP contribution in [0, 0.1) is 11.3 Å². The third kappa shape index (κ3) is 4.36. The quantitative estimate of drug-likeness (QED) is 0.385. The van der Waals surface area contributed by atoms with Gasteiger partial charge in [0.05, 0.1) is 11.6 Å². The molecule has 24 heavy (non-hydrogen) atoms. The standard InChI is InChI=1S/C21H25NOSi/c1-21(2,3)24(4,5)23-20(15-17-9-7-6-8-10-17)19-13-11-18(16-22)12-14-19/h6-15H,1-5H3/b20-15-. The van der Waals surface area contributed by atoms with Crippen LogP contribution in [0.1, 0.15) is 37.5 Å². The number of nitrogens with zero attached hydrogens (tertiary/aromatic N) is 1. The van der Waals surface area contributed by atoms with E-state index < -0.39 is 8.32 Å². The summed E-state index contributed by atoms with van der Waals surface area (Å²) >= 11 is 0. The van der Waals surface area contributed by atoms with Crippen LogP contribution in [-0.4, -0.2) is 8.32 Å². The van der Waals surface area contributed by atoms with Gasteiger partial charge in [-0.25, -0.2) is 0 Å². The van der Waals surface area contributed by atoms with Crippen LogP contribution < -0.4 is 0 Å². The van der Waals surface area contributed by atoms with Crippen molar-refractivity contribution >= 4 is 20.2 Å². The normalized spacial score (nSPS) is 12.6. The van der Waals surface area contributed by atoms with Gasteiger partial charge in [0.2, 0.25) is 0 Å². The smallest absolute Gasteiger partial charge is 0.250 e. The largest absolute Gasteiger partial charge is 0.543 e. The highest BCUT2D eigenvalue weighted by Gasteiger charge is 2.39. The molecule has 124 valence electrons. The lowest BCUT2D eigenvalue weighted by molar-refractivity contribution is 0.460. The second-order valence-corrected chi connectivity index (χ2v) is 12.2. The Labute approximate surface area is 146 Å². The van der Waals surface area contributed by atoms with E-state index in [9.17, 15) is 0 Å². The van der Waals surface area contributed by atoms with Crippen LogP contribution in [0.4, 0.5) is 0 Å². The summed E-state index contributed by atoms with van der Waals surface area (Å²) in [7, 11) is -1.96. The van der Waals surface area contributed by atoms with Crippen LogP contribution in [0.3, 0.4) is 0 Å². The molecule has 0 aliphatic rings. The minimum atomic E-state index is -1.96. The minimum absolute atomic E-state index is 0.120. The lowest BCUT2D eigenvalue weighted by atomic mass is 10.1. The molecule has 0 spiro atoms. The number of benzene rings is 2. The fourth-order valence-electron chi connectivity index (χ4n) is 2.01. The first-order valence-corrected chi connectivity index (χ1v) is 11.1. The zero-order chi connectivity index (χ0) is 17.8. The summed E-state index contributed by atoms with van der Waals surface area (Å²) in [6.45, 7) is 11.2. The fraction of sp³-hybridized carbons (Fsp3) is 0.286. The molecule has 0 atom stereocenters. The van der Waals surface area contributed by atoms with E-state index in [4.69, 9.17) is 9.69 Å². The highest BCUT2D eigenvalue weighted by atomic mass is 28.4. The molecule has 0 aromatic heterocycles. The van der Waals surface area contributed by atoms with E-state index in [0.29, 0.717) is 5.56 Å². The van der Waals surface area contributed by atoms with Gasteiger partial charge in [-0.1, -0.05) is 63.2 Å². The van der Waals surface area contributed by atoms with Gasteiger partial charge in [0.1, 0.15) is 5.76 Å². The average Bonchev–Trinajstić information content (AvgIpc) is 2.54. The van der Waals surface area contributed by atoms with E-state index in [1.54, 1.807) is 0 Å². The number of nitriles is 1. The Morgan fingerprint density at radius 2 is 1.58 bits per heavy atom. The second kappa shape index (κ2) is 7.07. The highest BCUT2D eigenvalue weighted by molar-refractivity contribution is 6.74. The molecule has 0 N–H and O–H groups in total. The molecule has 0 saturated carbocycles. The van der Waals surface area contributed by atoms with Crippen molar-refractivity contribution in [1.82, 2.24) is 0 Å². The lowest BCUT2D eigenvalue weighted by Crippen LogP contribution is -2.40. The summed E-state index contributed by atoms with van der Waals surface area (Å²) in [6.07, 6.45) is 2.09. The van der Waals surface area contributed by atoms with E-state index in [-0.39, 0.29) is 5.04 Å². The van der Waals surface area contributed by atoms with E-state index in [2.05, 4.69) is 58.1 Å². The van der Waals surface area contributed by atoms with Crippen LogP contribution >= 0.6 is 0 Å². The third-order valence-electron chi connectivity index (χ3n) is 4.57. The molecule has 0 aliphatic heterocycles. The minimum Gasteiger partial charge on any atom is -0.543 e. The second-order valence-electron chi connectivity index (χ2n) is 7.47. The molecule has 0 saturated heterocycles. The van der Waals surface area contributed by atoms with Gasteiger partial charge >= 0.3 is 0 Å². The Morgan fingerprint density at radius 1 is 1.00 bits per heavy atom. The van der Waals surface area contributed by atoms with Gasteiger partial charge in [0.15, 0.2) is 0 Å². The average molecular weight is 336 g/mol. The first kappa shape index (κ1) is 18.0. The predicted molar refractivity (Wildman–Crippen MR) is 104 cm³/mol. The van der Waals surface area contributed by atoms with Crippen molar-refractivity contribution in [2.24, 2.45) is 0 Å². The maximum atomic E-state index is 9.01. The molecule has 2 nitrogen and oxygen atoms in total. The number of hydrogen-bond donors (Lipinski definition) is 0. The summed E-state index contributed by atoms with van der Waals surface area (Å²) in [5.41, 5.74) is 2.77. The summed E-state index contributed by atoms with van der Waals surface area (Å²) in [6, 6.07) is 19.9. The molecule has 0 radical (unpaired) electrons. The van der Waals surface area contributed by atoms with Gasteiger partial charge in [-0.05, 0) is 41.9 Å². The molecule has 2 rings (SSSR count). The Balaban J connectivity index is 2.45. The maximum Gasteiger partial charge on any atom is 0.250 e. The number of rotatable bonds is 4. The molecule has 0 fully saturated rings. The summed E-state index contributed by atoms with van der Waals surface area (Å²) < 4.78 is 6.58. The van der Waals surface area contributed by atoms with Crippen LogP contribution in [0.5, 0.6) is 0 Å². The van der Waals surface area contributed by atoms with Gasteiger partial charge in [-0.15, -0.1) is 0 Å². The van der Waals surface area contributed by atoms with Crippen molar-refractivity contribution in [1.29, 1.82) is 5.26 Å². The van der Waals surface area contributed by atoms with Crippen LogP contribution in [0.15, 0.2) is 54.6 Å². The molecular weight excluding hydrogens is 310 g/mol. The monoisotopic (exact) mass is 335 g/mol. The first-order valence-electron chi connectivity index (χ1n) is 8.19. The Bertz CT molecular complexity index is 747. The molecular formula is C21H25NOSi. The van der Waals surface area contributed by atoms with Crippen molar-refractivity contribution in [2.45, 2.75) is 38.9 Å². The topological polar surface area (TPSA) is 33.0 Å². The molecule has 0 aliphatic carbocycles. The van der Waals surface area contributed by atoms with E-state index >= 15 is 0 Å². The third-order valence-corrected chi connectivity index (χ3v) is 8.91. The van der Waals surface area contributed by atoms with Crippen LogP contribution in [0.2, 0.25) is 18.1 Å². The van der Waals surface area contributed by atoms with Crippen molar-refractivity contribution in [2.75, 3.05) is 0 Å².